The fourth-order valence-corrected chi connectivity index (χ4v) is 2.33. The predicted octanol–water partition coefficient (Wildman–Crippen LogP) is 1.08. The monoisotopic (exact) mass is 321 g/mol. The van der Waals surface area contributed by atoms with Crippen LogP contribution in [0.25, 0.3) is 16.9 Å². The molecule has 1 amide bonds. The number of benzene rings is 1. The molecule has 9 heteroatoms. The van der Waals surface area contributed by atoms with Crippen molar-refractivity contribution in [3.8, 4) is 5.82 Å². The molecule has 0 radical (unpaired) electrons. The van der Waals surface area contributed by atoms with Gasteiger partial charge in [0.2, 0.25) is 0 Å². The van der Waals surface area contributed by atoms with E-state index in [9.17, 15) is 9.59 Å². The fourth-order valence-electron chi connectivity index (χ4n) is 2.33. The summed E-state index contributed by atoms with van der Waals surface area (Å²) in [5.74, 6) is 0.252. The molecule has 118 valence electrons. The molecule has 0 aliphatic carbocycles. The summed E-state index contributed by atoms with van der Waals surface area (Å²) in [5.41, 5.74) is 2.03. The number of imidazole rings is 1. The van der Waals surface area contributed by atoms with Gasteiger partial charge in [-0.3, -0.25) is 9.36 Å². The van der Waals surface area contributed by atoms with Gasteiger partial charge in [0.05, 0.1) is 11.0 Å². The lowest BCUT2D eigenvalue weighted by atomic mass is 10.2. The Bertz CT molecular complexity index is 1080. The van der Waals surface area contributed by atoms with E-state index in [4.69, 9.17) is 0 Å². The van der Waals surface area contributed by atoms with Crippen LogP contribution in [-0.2, 0) is 0 Å². The number of aromatic nitrogens is 6. The lowest BCUT2D eigenvalue weighted by Gasteiger charge is -2.07. The zero-order valence-corrected chi connectivity index (χ0v) is 12.2. The van der Waals surface area contributed by atoms with Crippen molar-refractivity contribution in [2.75, 3.05) is 5.32 Å². The second kappa shape index (κ2) is 5.47. The Hall–Kier alpha value is -3.75. The molecule has 24 heavy (non-hydrogen) atoms. The quantitative estimate of drug-likeness (QED) is 0.521. The van der Waals surface area contributed by atoms with Crippen molar-refractivity contribution < 1.29 is 4.79 Å². The third-order valence-electron chi connectivity index (χ3n) is 3.46. The van der Waals surface area contributed by atoms with Crippen molar-refractivity contribution in [1.82, 2.24) is 29.7 Å². The van der Waals surface area contributed by atoms with Crippen molar-refractivity contribution in [2.24, 2.45) is 0 Å². The van der Waals surface area contributed by atoms with E-state index in [0.29, 0.717) is 28.1 Å². The van der Waals surface area contributed by atoms with E-state index in [-0.39, 0.29) is 11.6 Å². The summed E-state index contributed by atoms with van der Waals surface area (Å²) in [4.78, 5) is 33.2. The van der Waals surface area contributed by atoms with Crippen LogP contribution in [0.2, 0.25) is 0 Å². The third-order valence-corrected chi connectivity index (χ3v) is 3.46. The zero-order valence-electron chi connectivity index (χ0n) is 12.2. The molecule has 3 N–H and O–H groups in total. The van der Waals surface area contributed by atoms with Gasteiger partial charge in [0, 0.05) is 17.4 Å². The van der Waals surface area contributed by atoms with E-state index >= 15 is 0 Å². The largest absolute Gasteiger partial charge is 0.323 e. The maximum atomic E-state index is 12.4. The SMILES string of the molecule is O=C(Nc1ccc2[nH]c(=O)[nH]c2c1)c1ccnc(-n2cnnc2)c1. The number of fused-ring (bicyclic) bond motifs is 1. The summed E-state index contributed by atoms with van der Waals surface area (Å²) in [7, 11) is 0. The number of amides is 1. The van der Waals surface area contributed by atoms with Crippen molar-refractivity contribution in [3.05, 3.63) is 65.2 Å². The Kier molecular flexibility index (Phi) is 3.16. The number of nitrogens with zero attached hydrogens (tertiary/aromatic N) is 4. The number of anilines is 1. The number of carbonyl (C=O) groups excluding carboxylic acids is 1. The summed E-state index contributed by atoms with van der Waals surface area (Å²) < 4.78 is 1.60. The zero-order chi connectivity index (χ0) is 16.5. The van der Waals surface area contributed by atoms with Gasteiger partial charge in [0.1, 0.15) is 18.5 Å². The molecular formula is C15H11N7O2. The summed E-state index contributed by atoms with van der Waals surface area (Å²) in [6.07, 6.45) is 4.54. The molecule has 0 saturated heterocycles. The van der Waals surface area contributed by atoms with Crippen molar-refractivity contribution in [2.45, 2.75) is 0 Å². The van der Waals surface area contributed by atoms with Crippen LogP contribution < -0.4 is 11.0 Å². The number of aromatic amines is 2. The van der Waals surface area contributed by atoms with Crippen LogP contribution in [0.5, 0.6) is 0 Å². The van der Waals surface area contributed by atoms with Gasteiger partial charge in [0.15, 0.2) is 0 Å². The molecule has 0 saturated carbocycles. The third kappa shape index (κ3) is 2.54. The van der Waals surface area contributed by atoms with Gasteiger partial charge in [-0.1, -0.05) is 0 Å². The Balaban J connectivity index is 1.61. The van der Waals surface area contributed by atoms with Gasteiger partial charge in [-0.25, -0.2) is 9.78 Å². The highest BCUT2D eigenvalue weighted by Gasteiger charge is 2.09. The Labute approximate surface area is 134 Å². The Morgan fingerprint density at radius 3 is 2.67 bits per heavy atom. The van der Waals surface area contributed by atoms with Gasteiger partial charge in [-0.15, -0.1) is 10.2 Å². The molecule has 3 heterocycles. The van der Waals surface area contributed by atoms with E-state index < -0.39 is 0 Å². The summed E-state index contributed by atoms with van der Waals surface area (Å²) in [6, 6.07) is 8.37. The van der Waals surface area contributed by atoms with Gasteiger partial charge < -0.3 is 15.3 Å². The van der Waals surface area contributed by atoms with Crippen LogP contribution in [0, 0.1) is 0 Å². The smallest absolute Gasteiger partial charge is 0.322 e. The highest BCUT2D eigenvalue weighted by Crippen LogP contribution is 2.16. The van der Waals surface area contributed by atoms with Crippen LogP contribution in [0.3, 0.4) is 0 Å². The van der Waals surface area contributed by atoms with Gasteiger partial charge in [-0.2, -0.15) is 0 Å². The number of rotatable bonds is 3. The number of nitrogens with one attached hydrogen (secondary N) is 3. The first-order valence-corrected chi connectivity index (χ1v) is 7.03. The summed E-state index contributed by atoms with van der Waals surface area (Å²) in [6.45, 7) is 0. The minimum absolute atomic E-state index is 0.288. The average Bonchev–Trinajstić information content (AvgIpc) is 3.23. The predicted molar refractivity (Wildman–Crippen MR) is 86.0 cm³/mol. The number of H-pyrrole nitrogens is 2. The molecule has 0 unspecified atom stereocenters. The Morgan fingerprint density at radius 2 is 1.83 bits per heavy atom. The highest BCUT2D eigenvalue weighted by atomic mass is 16.2. The number of pyridine rings is 1. The van der Waals surface area contributed by atoms with Crippen LogP contribution >= 0.6 is 0 Å². The molecule has 0 atom stereocenters. The molecular weight excluding hydrogens is 310 g/mol. The van der Waals surface area contributed by atoms with Crippen LogP contribution in [0.15, 0.2) is 54.0 Å². The first-order valence-electron chi connectivity index (χ1n) is 7.03. The van der Waals surface area contributed by atoms with Gasteiger partial charge >= 0.3 is 5.69 Å². The molecule has 4 rings (SSSR count). The van der Waals surface area contributed by atoms with E-state index in [1.807, 2.05) is 0 Å². The van der Waals surface area contributed by atoms with Crippen LogP contribution in [-0.4, -0.2) is 35.6 Å². The highest BCUT2D eigenvalue weighted by molar-refractivity contribution is 6.05. The number of carbonyl (C=O) groups is 1. The van der Waals surface area contributed by atoms with Crippen LogP contribution in [0.4, 0.5) is 5.69 Å². The molecule has 0 fully saturated rings. The topological polar surface area (TPSA) is 121 Å². The first-order chi connectivity index (χ1) is 11.7. The molecule has 9 nitrogen and oxygen atoms in total. The minimum atomic E-state index is -0.291. The lowest BCUT2D eigenvalue weighted by Crippen LogP contribution is -2.12. The van der Waals surface area contributed by atoms with Crippen molar-refractivity contribution >= 4 is 22.6 Å². The first kappa shape index (κ1) is 13.9. The molecule has 0 bridgehead atoms. The van der Waals surface area contributed by atoms with E-state index in [2.05, 4.69) is 30.5 Å². The Morgan fingerprint density at radius 1 is 1.04 bits per heavy atom. The molecule has 3 aromatic heterocycles. The fraction of sp³-hybridized carbons (Fsp3) is 0. The van der Waals surface area contributed by atoms with Gasteiger partial charge in [-0.05, 0) is 30.3 Å². The normalized spacial score (nSPS) is 10.8. The summed E-state index contributed by atoms with van der Waals surface area (Å²) >= 11 is 0. The second-order valence-electron chi connectivity index (χ2n) is 5.07. The van der Waals surface area contributed by atoms with Crippen molar-refractivity contribution in [1.29, 1.82) is 0 Å². The molecule has 0 aliphatic rings. The standard InChI is InChI=1S/C15H11N7O2/c23-14(9-3-4-16-13(5-9)22-7-17-18-8-22)19-10-1-2-11-12(6-10)21-15(24)20-11/h1-8H,(H,19,23)(H2,20,21,24). The molecule has 0 aliphatic heterocycles. The van der Waals surface area contributed by atoms with E-state index in [1.165, 1.54) is 18.9 Å². The maximum Gasteiger partial charge on any atom is 0.323 e. The van der Waals surface area contributed by atoms with E-state index in [0.717, 1.165) is 0 Å². The van der Waals surface area contributed by atoms with Crippen LogP contribution in [0.1, 0.15) is 10.4 Å². The molecule has 4 aromatic rings. The average molecular weight is 321 g/mol. The number of hydrogen-bond donors (Lipinski definition) is 3. The molecule has 1 aromatic carbocycles. The summed E-state index contributed by atoms with van der Waals surface area (Å²) in [5, 5.41) is 10.2. The minimum Gasteiger partial charge on any atom is -0.322 e. The number of hydrogen-bond acceptors (Lipinski definition) is 5. The maximum absolute atomic E-state index is 12.4. The van der Waals surface area contributed by atoms with Crippen molar-refractivity contribution in [3.63, 3.8) is 0 Å². The van der Waals surface area contributed by atoms with Gasteiger partial charge in [0.25, 0.3) is 5.91 Å². The van der Waals surface area contributed by atoms with E-state index in [1.54, 1.807) is 34.9 Å². The molecule has 0 spiro atoms. The lowest BCUT2D eigenvalue weighted by molar-refractivity contribution is 0.102. The second-order valence-corrected chi connectivity index (χ2v) is 5.07.